The van der Waals surface area contributed by atoms with E-state index in [1.54, 1.807) is 18.5 Å². The molecule has 0 aliphatic carbocycles. The molecule has 1 aliphatic rings. The van der Waals surface area contributed by atoms with Gasteiger partial charge in [0.2, 0.25) is 0 Å². The summed E-state index contributed by atoms with van der Waals surface area (Å²) in [5, 5.41) is 7.59. The van der Waals surface area contributed by atoms with Crippen LogP contribution in [0.25, 0.3) is 10.9 Å². The number of hydrogen-bond acceptors (Lipinski definition) is 5. The van der Waals surface area contributed by atoms with Crippen molar-refractivity contribution in [2.24, 2.45) is 5.92 Å². The fourth-order valence-electron chi connectivity index (χ4n) is 4.26. The first-order valence-corrected chi connectivity index (χ1v) is 11.0. The Kier molecular flexibility index (Phi) is 8.73. The van der Waals surface area contributed by atoms with Gasteiger partial charge in [-0.25, -0.2) is 0 Å². The monoisotopic (exact) mass is 498 g/mol. The molecule has 3 aromatic heterocycles. The molecule has 7 nitrogen and oxygen atoms in total. The van der Waals surface area contributed by atoms with Gasteiger partial charge in [0, 0.05) is 61.3 Å². The molecule has 3 N–H and O–H groups in total. The number of hydrogen-bond donors (Lipinski definition) is 3. The fraction of sp³-hybridized carbons (Fsp3) is 0.240. The molecule has 9 heteroatoms. The molecule has 1 aliphatic heterocycles. The van der Waals surface area contributed by atoms with Crippen LogP contribution >= 0.6 is 24.8 Å². The molecule has 0 radical (unpaired) electrons. The maximum absolute atomic E-state index is 13.0. The second-order valence-corrected chi connectivity index (χ2v) is 8.17. The quantitative estimate of drug-likeness (QED) is 0.332. The van der Waals surface area contributed by atoms with Crippen LogP contribution < -0.4 is 15.5 Å². The topological polar surface area (TPSA) is 85.9 Å². The number of aromatic nitrogens is 3. The van der Waals surface area contributed by atoms with Crippen LogP contribution in [0.15, 0.2) is 73.4 Å². The number of anilines is 3. The number of benzene rings is 1. The normalized spacial score (nSPS) is 13.6. The maximum atomic E-state index is 13.0. The van der Waals surface area contributed by atoms with Gasteiger partial charge >= 0.3 is 0 Å². The molecule has 0 unspecified atom stereocenters. The molecule has 0 spiro atoms. The van der Waals surface area contributed by atoms with Crippen LogP contribution in [0, 0.1) is 5.92 Å². The van der Waals surface area contributed by atoms with Gasteiger partial charge in [0.15, 0.2) is 0 Å². The molecule has 4 heterocycles. The van der Waals surface area contributed by atoms with Gasteiger partial charge in [-0.05, 0) is 60.5 Å². The van der Waals surface area contributed by atoms with Gasteiger partial charge in [-0.15, -0.1) is 24.8 Å². The minimum atomic E-state index is -0.145. The molecule has 1 amide bonds. The van der Waals surface area contributed by atoms with E-state index in [9.17, 15) is 4.79 Å². The summed E-state index contributed by atoms with van der Waals surface area (Å²) >= 11 is 0. The number of nitrogens with zero attached hydrogens (tertiary/aromatic N) is 3. The molecule has 5 rings (SSSR count). The number of carbonyl (C=O) groups excluding carboxylic acids is 1. The van der Waals surface area contributed by atoms with E-state index in [0.717, 1.165) is 54.8 Å². The average Bonchev–Trinajstić information content (AvgIpc) is 3.32. The van der Waals surface area contributed by atoms with E-state index in [-0.39, 0.29) is 30.7 Å². The van der Waals surface area contributed by atoms with E-state index < -0.39 is 0 Å². The lowest BCUT2D eigenvalue weighted by atomic mass is 9.96. The molecule has 0 atom stereocenters. The number of rotatable bonds is 6. The number of amides is 1. The van der Waals surface area contributed by atoms with Crippen molar-refractivity contribution in [3.63, 3.8) is 0 Å². The number of nitrogens with one attached hydrogen (secondary N) is 3. The van der Waals surface area contributed by atoms with Crippen molar-refractivity contribution in [3.8, 4) is 0 Å². The molecule has 1 fully saturated rings. The first-order chi connectivity index (χ1) is 15.8. The Morgan fingerprint density at radius 3 is 2.56 bits per heavy atom. The standard InChI is InChI=1S/C25H26N6O.2ClH/c32-25(30-20-2-1-19-3-12-28-23(19)15-20)22-6-11-27-17-24(22)29-16-18-7-13-31(14-8-18)21-4-9-26-10-5-21;;/h1-6,9-12,15,17-18,28-29H,7-8,13-14,16H2,(H,30,32);2*1H. The highest BCUT2D eigenvalue weighted by molar-refractivity contribution is 6.08. The zero-order chi connectivity index (χ0) is 21.8. The van der Waals surface area contributed by atoms with E-state index in [1.807, 2.05) is 42.9 Å². The van der Waals surface area contributed by atoms with Crippen molar-refractivity contribution in [1.82, 2.24) is 15.0 Å². The summed E-state index contributed by atoms with van der Waals surface area (Å²) in [7, 11) is 0. The van der Waals surface area contributed by atoms with Gasteiger partial charge in [0.25, 0.3) is 5.91 Å². The Morgan fingerprint density at radius 2 is 1.76 bits per heavy atom. The summed E-state index contributed by atoms with van der Waals surface area (Å²) in [6.45, 7) is 2.88. The molecular formula is C25H28Cl2N6O. The third-order valence-corrected chi connectivity index (χ3v) is 6.10. The van der Waals surface area contributed by atoms with Crippen molar-refractivity contribution >= 4 is 58.7 Å². The Hall–Kier alpha value is -3.29. The summed E-state index contributed by atoms with van der Waals surface area (Å²) in [6.07, 6.45) is 11.2. The van der Waals surface area contributed by atoms with Crippen molar-refractivity contribution in [2.45, 2.75) is 12.8 Å². The smallest absolute Gasteiger partial charge is 0.257 e. The van der Waals surface area contributed by atoms with Gasteiger partial charge in [0.1, 0.15) is 0 Å². The predicted molar refractivity (Wildman–Crippen MR) is 143 cm³/mol. The molecular weight excluding hydrogens is 471 g/mol. The van der Waals surface area contributed by atoms with Crippen LogP contribution in [0.1, 0.15) is 23.2 Å². The Morgan fingerprint density at radius 1 is 1.00 bits per heavy atom. The Labute approximate surface area is 211 Å². The van der Waals surface area contributed by atoms with Crippen LogP contribution in [0.3, 0.4) is 0 Å². The minimum absolute atomic E-state index is 0. The second kappa shape index (κ2) is 11.7. The van der Waals surface area contributed by atoms with E-state index in [4.69, 9.17) is 0 Å². The first-order valence-electron chi connectivity index (χ1n) is 11.0. The zero-order valence-corrected chi connectivity index (χ0v) is 20.2. The van der Waals surface area contributed by atoms with E-state index in [1.165, 1.54) is 5.69 Å². The maximum Gasteiger partial charge on any atom is 0.257 e. The van der Waals surface area contributed by atoms with Gasteiger partial charge in [-0.2, -0.15) is 0 Å². The number of carbonyl (C=O) groups is 1. The number of fused-ring (bicyclic) bond motifs is 1. The summed E-state index contributed by atoms with van der Waals surface area (Å²) in [4.78, 5) is 26.9. The fourth-order valence-corrected chi connectivity index (χ4v) is 4.26. The van der Waals surface area contributed by atoms with Gasteiger partial charge in [0.05, 0.1) is 17.4 Å². The number of piperidine rings is 1. The minimum Gasteiger partial charge on any atom is -0.383 e. The van der Waals surface area contributed by atoms with Crippen molar-refractivity contribution in [1.29, 1.82) is 0 Å². The van der Waals surface area contributed by atoms with E-state index in [0.29, 0.717) is 11.5 Å². The second-order valence-electron chi connectivity index (χ2n) is 8.17. The average molecular weight is 499 g/mol. The highest BCUT2D eigenvalue weighted by Crippen LogP contribution is 2.24. The van der Waals surface area contributed by atoms with Crippen molar-refractivity contribution in [2.75, 3.05) is 35.2 Å². The van der Waals surface area contributed by atoms with E-state index in [2.05, 4.69) is 42.6 Å². The Balaban J connectivity index is 0.00000162. The lowest BCUT2D eigenvalue weighted by molar-refractivity contribution is 0.102. The third-order valence-electron chi connectivity index (χ3n) is 6.10. The van der Waals surface area contributed by atoms with E-state index >= 15 is 0 Å². The van der Waals surface area contributed by atoms with Crippen LogP contribution in [0.2, 0.25) is 0 Å². The Bertz CT molecular complexity index is 1210. The summed E-state index contributed by atoms with van der Waals surface area (Å²) < 4.78 is 0. The van der Waals surface area contributed by atoms with Crippen molar-refractivity contribution < 1.29 is 4.79 Å². The van der Waals surface area contributed by atoms with Gasteiger partial charge in [-0.1, -0.05) is 6.07 Å². The van der Waals surface area contributed by atoms with Crippen LogP contribution in [-0.4, -0.2) is 40.5 Å². The molecule has 1 aromatic carbocycles. The van der Waals surface area contributed by atoms with Crippen LogP contribution in [0.4, 0.5) is 17.1 Å². The lowest BCUT2D eigenvalue weighted by Crippen LogP contribution is -2.36. The number of pyridine rings is 2. The molecule has 178 valence electrons. The summed E-state index contributed by atoms with van der Waals surface area (Å²) in [5.41, 5.74) is 4.35. The largest absolute Gasteiger partial charge is 0.383 e. The molecule has 34 heavy (non-hydrogen) atoms. The highest BCUT2D eigenvalue weighted by atomic mass is 35.5. The van der Waals surface area contributed by atoms with Crippen LogP contribution in [-0.2, 0) is 0 Å². The summed E-state index contributed by atoms with van der Waals surface area (Å²) in [6, 6.07) is 13.7. The predicted octanol–water partition coefficient (Wildman–Crippen LogP) is 5.38. The first kappa shape index (κ1) is 25.3. The molecule has 0 bridgehead atoms. The summed E-state index contributed by atoms with van der Waals surface area (Å²) in [5.74, 6) is 0.410. The number of halogens is 2. The zero-order valence-electron chi connectivity index (χ0n) is 18.6. The lowest BCUT2D eigenvalue weighted by Gasteiger charge is -2.33. The number of aromatic amines is 1. The van der Waals surface area contributed by atoms with Crippen LogP contribution in [0.5, 0.6) is 0 Å². The highest BCUT2D eigenvalue weighted by Gasteiger charge is 2.20. The SMILES string of the molecule is Cl.Cl.O=C(Nc1ccc2cc[nH]c2c1)c1ccncc1NCC1CCN(c2ccncc2)CC1. The van der Waals surface area contributed by atoms with Gasteiger partial charge < -0.3 is 20.5 Å². The third kappa shape index (κ3) is 5.79. The number of H-pyrrole nitrogens is 1. The molecule has 0 saturated carbocycles. The molecule has 1 saturated heterocycles. The van der Waals surface area contributed by atoms with Crippen molar-refractivity contribution in [3.05, 3.63) is 79.0 Å². The van der Waals surface area contributed by atoms with Gasteiger partial charge in [-0.3, -0.25) is 14.8 Å². The molecule has 4 aromatic rings.